The Balaban J connectivity index is 2.91. The summed E-state index contributed by atoms with van der Waals surface area (Å²) in [4.78, 5) is 0. The molecule has 0 N–H and O–H groups in total. The van der Waals surface area contributed by atoms with E-state index in [1.807, 2.05) is 0 Å². The molecule has 0 aliphatic rings. The molecule has 0 saturated heterocycles. The van der Waals surface area contributed by atoms with Crippen molar-refractivity contribution in [3.05, 3.63) is 35.6 Å². The van der Waals surface area contributed by atoms with E-state index in [4.69, 9.17) is 0 Å². The lowest BCUT2D eigenvalue weighted by Crippen LogP contribution is -1.96. The van der Waals surface area contributed by atoms with Gasteiger partial charge in [0.2, 0.25) is 0 Å². The average molecular weight is 192 g/mol. The quantitative estimate of drug-likeness (QED) is 0.667. The molecule has 1 aromatic rings. The van der Waals surface area contributed by atoms with E-state index >= 15 is 0 Å². The molecule has 0 radical (unpaired) electrons. The first-order valence-electron chi connectivity index (χ1n) is 3.14. The Morgan fingerprint density at radius 3 is 2.50 bits per heavy atom. The molecule has 2 nitrogen and oxygen atoms in total. The second-order valence-corrected chi connectivity index (χ2v) is 3.68. The highest BCUT2D eigenvalue weighted by atomic mass is 32.3. The summed E-state index contributed by atoms with van der Waals surface area (Å²) in [6.45, 7) is 0. The molecule has 0 aliphatic heterocycles. The van der Waals surface area contributed by atoms with Gasteiger partial charge < -0.3 is 0 Å². The normalized spacial score (nSPS) is 11.5. The highest BCUT2D eigenvalue weighted by molar-refractivity contribution is 7.85. The summed E-state index contributed by atoms with van der Waals surface area (Å²) < 4.78 is 44.7. The van der Waals surface area contributed by atoms with Crippen LogP contribution in [-0.4, -0.2) is 8.42 Å². The van der Waals surface area contributed by atoms with E-state index in [0.29, 0.717) is 0 Å². The van der Waals surface area contributed by atoms with Crippen LogP contribution in [0.1, 0.15) is 5.56 Å². The molecule has 5 heteroatoms. The first-order chi connectivity index (χ1) is 5.47. The van der Waals surface area contributed by atoms with Gasteiger partial charge in [0, 0.05) is 0 Å². The summed E-state index contributed by atoms with van der Waals surface area (Å²) in [7, 11) is -4.56. The number of hydrogen-bond donors (Lipinski definition) is 0. The standard InChI is InChI=1S/C7H6F2O2S/c8-7-3-1-2-6(4-7)5-12(9,10)11/h1-4H,5H2. The lowest BCUT2D eigenvalue weighted by atomic mass is 10.2. The van der Waals surface area contributed by atoms with Crippen LogP contribution >= 0.6 is 0 Å². The van der Waals surface area contributed by atoms with Gasteiger partial charge in [-0.15, -0.1) is 3.89 Å². The predicted molar refractivity (Wildman–Crippen MR) is 40.1 cm³/mol. The predicted octanol–water partition coefficient (Wildman–Crippen LogP) is 1.63. The fourth-order valence-electron chi connectivity index (χ4n) is 0.826. The molecule has 0 saturated carbocycles. The minimum absolute atomic E-state index is 0.109. The van der Waals surface area contributed by atoms with Crippen LogP contribution in [0.5, 0.6) is 0 Å². The monoisotopic (exact) mass is 192 g/mol. The van der Waals surface area contributed by atoms with E-state index < -0.39 is 21.8 Å². The Hall–Kier alpha value is -0.970. The fourth-order valence-corrected chi connectivity index (χ4v) is 1.40. The number of benzene rings is 1. The van der Waals surface area contributed by atoms with E-state index in [2.05, 4.69) is 0 Å². The van der Waals surface area contributed by atoms with E-state index in [1.54, 1.807) is 0 Å². The molecule has 1 rings (SSSR count). The van der Waals surface area contributed by atoms with Crippen molar-refractivity contribution in [2.24, 2.45) is 0 Å². The molecule has 0 spiro atoms. The maximum Gasteiger partial charge on any atom is 0.306 e. The van der Waals surface area contributed by atoms with Crippen molar-refractivity contribution >= 4 is 10.2 Å². The lowest BCUT2D eigenvalue weighted by Gasteiger charge is -1.95. The Labute approximate surface area is 69.0 Å². The van der Waals surface area contributed by atoms with E-state index in [9.17, 15) is 16.7 Å². The maximum atomic E-state index is 12.4. The lowest BCUT2D eigenvalue weighted by molar-refractivity contribution is 0.551. The molecular formula is C7H6F2O2S. The van der Waals surface area contributed by atoms with Gasteiger partial charge in [0.1, 0.15) is 11.6 Å². The average Bonchev–Trinajstić information content (AvgIpc) is 1.82. The summed E-state index contributed by atoms with van der Waals surface area (Å²) in [5, 5.41) is 0. The molecule has 0 amide bonds. The minimum Gasteiger partial charge on any atom is -0.207 e. The van der Waals surface area contributed by atoms with E-state index in [1.165, 1.54) is 12.1 Å². The van der Waals surface area contributed by atoms with Crippen molar-refractivity contribution in [3.8, 4) is 0 Å². The van der Waals surface area contributed by atoms with E-state index in [0.717, 1.165) is 12.1 Å². The summed E-state index contributed by atoms with van der Waals surface area (Å²) >= 11 is 0. The third kappa shape index (κ3) is 2.96. The first-order valence-corrected chi connectivity index (χ1v) is 4.69. The smallest absolute Gasteiger partial charge is 0.207 e. The van der Waals surface area contributed by atoms with Gasteiger partial charge in [-0.1, -0.05) is 12.1 Å². The Bertz CT molecular complexity index is 373. The Morgan fingerprint density at radius 2 is 2.00 bits per heavy atom. The second-order valence-electron chi connectivity index (χ2n) is 2.31. The molecule has 1 aromatic carbocycles. The zero-order valence-electron chi connectivity index (χ0n) is 6.00. The van der Waals surface area contributed by atoms with E-state index in [-0.39, 0.29) is 5.56 Å². The zero-order valence-corrected chi connectivity index (χ0v) is 6.81. The van der Waals surface area contributed by atoms with Crippen molar-refractivity contribution in [1.82, 2.24) is 0 Å². The number of halogens is 2. The third-order valence-corrected chi connectivity index (χ3v) is 1.91. The number of rotatable bonds is 2. The van der Waals surface area contributed by atoms with Crippen molar-refractivity contribution in [1.29, 1.82) is 0 Å². The van der Waals surface area contributed by atoms with Crippen molar-refractivity contribution < 1.29 is 16.7 Å². The van der Waals surface area contributed by atoms with Crippen LogP contribution in [-0.2, 0) is 16.0 Å². The van der Waals surface area contributed by atoms with Crippen molar-refractivity contribution in [2.75, 3.05) is 0 Å². The molecule has 0 aromatic heterocycles. The van der Waals surface area contributed by atoms with Crippen LogP contribution in [0.15, 0.2) is 24.3 Å². The molecule has 0 unspecified atom stereocenters. The van der Waals surface area contributed by atoms with Gasteiger partial charge in [0.15, 0.2) is 0 Å². The topological polar surface area (TPSA) is 34.1 Å². The largest absolute Gasteiger partial charge is 0.306 e. The highest BCUT2D eigenvalue weighted by Crippen LogP contribution is 2.08. The van der Waals surface area contributed by atoms with Crippen LogP contribution in [0.3, 0.4) is 0 Å². The highest BCUT2D eigenvalue weighted by Gasteiger charge is 2.08. The molecule has 0 atom stereocenters. The van der Waals surface area contributed by atoms with Crippen molar-refractivity contribution in [3.63, 3.8) is 0 Å². The maximum absolute atomic E-state index is 12.4. The summed E-state index contributed by atoms with van der Waals surface area (Å²) in [5.41, 5.74) is 0.109. The van der Waals surface area contributed by atoms with Gasteiger partial charge >= 0.3 is 10.2 Å². The fraction of sp³-hybridized carbons (Fsp3) is 0.143. The molecule has 12 heavy (non-hydrogen) atoms. The van der Waals surface area contributed by atoms with Gasteiger partial charge in [0.05, 0.1) is 0 Å². The van der Waals surface area contributed by atoms with Gasteiger partial charge in [-0.3, -0.25) is 0 Å². The molecule has 0 bridgehead atoms. The molecule has 66 valence electrons. The van der Waals surface area contributed by atoms with Crippen LogP contribution in [0.4, 0.5) is 8.28 Å². The Morgan fingerprint density at radius 1 is 1.33 bits per heavy atom. The van der Waals surface area contributed by atoms with Gasteiger partial charge in [-0.25, -0.2) is 4.39 Å². The molecule has 0 heterocycles. The van der Waals surface area contributed by atoms with Crippen LogP contribution < -0.4 is 0 Å². The number of hydrogen-bond acceptors (Lipinski definition) is 2. The summed E-state index contributed by atoms with van der Waals surface area (Å²) in [6.07, 6.45) is 0. The summed E-state index contributed by atoms with van der Waals surface area (Å²) in [5.74, 6) is -1.35. The van der Waals surface area contributed by atoms with Crippen LogP contribution in [0, 0.1) is 5.82 Å². The third-order valence-electron chi connectivity index (χ3n) is 1.23. The molecule has 0 fully saturated rings. The van der Waals surface area contributed by atoms with Crippen LogP contribution in [0.25, 0.3) is 0 Å². The molecule has 0 aliphatic carbocycles. The second kappa shape index (κ2) is 3.18. The van der Waals surface area contributed by atoms with Gasteiger partial charge in [0.25, 0.3) is 0 Å². The zero-order chi connectivity index (χ0) is 9.19. The van der Waals surface area contributed by atoms with Gasteiger partial charge in [-0.05, 0) is 17.7 Å². The van der Waals surface area contributed by atoms with Gasteiger partial charge in [-0.2, -0.15) is 8.42 Å². The van der Waals surface area contributed by atoms with Crippen molar-refractivity contribution in [2.45, 2.75) is 5.75 Å². The first kappa shape index (κ1) is 9.12. The Kier molecular flexibility index (Phi) is 2.42. The molecular weight excluding hydrogens is 186 g/mol. The SMILES string of the molecule is O=S(=O)(F)Cc1cccc(F)c1. The van der Waals surface area contributed by atoms with Crippen LogP contribution in [0.2, 0.25) is 0 Å². The minimum atomic E-state index is -4.56. The summed E-state index contributed by atoms with van der Waals surface area (Å²) in [6, 6.07) is 4.82.